The largest absolute Gasteiger partial charge is 0.497 e. The number of hydrogen-bond donors (Lipinski definition) is 1. The quantitative estimate of drug-likeness (QED) is 0.479. The van der Waals surface area contributed by atoms with Crippen molar-refractivity contribution < 1.29 is 28.6 Å². The van der Waals surface area contributed by atoms with Gasteiger partial charge in [-0.25, -0.2) is 4.79 Å². The zero-order valence-corrected chi connectivity index (χ0v) is 15.3. The molecule has 6 heteroatoms. The Kier molecular flexibility index (Phi) is 5.60. The third-order valence-corrected chi connectivity index (χ3v) is 4.13. The average Bonchev–Trinajstić information content (AvgIpc) is 3.22. The molecule has 0 bridgehead atoms. The predicted octanol–water partition coefficient (Wildman–Crippen LogP) is 4.56. The summed E-state index contributed by atoms with van der Waals surface area (Å²) < 4.78 is 15.7. The number of carboxylic acids is 1. The van der Waals surface area contributed by atoms with Gasteiger partial charge in [0.2, 0.25) is 5.76 Å². The van der Waals surface area contributed by atoms with Gasteiger partial charge < -0.3 is 19.0 Å². The second-order valence-corrected chi connectivity index (χ2v) is 5.85. The van der Waals surface area contributed by atoms with Crippen LogP contribution in [0.5, 0.6) is 11.5 Å². The number of ether oxygens (including phenoxy) is 2. The zero-order valence-electron chi connectivity index (χ0n) is 15.3. The molecule has 0 unspecified atom stereocenters. The summed E-state index contributed by atoms with van der Waals surface area (Å²) in [5.41, 5.74) is 1.94. The highest BCUT2D eigenvalue weighted by atomic mass is 16.5. The first-order chi connectivity index (χ1) is 13.5. The third-order valence-electron chi connectivity index (χ3n) is 4.13. The van der Waals surface area contributed by atoms with Crippen LogP contribution in [0, 0.1) is 0 Å². The van der Waals surface area contributed by atoms with Crippen LogP contribution < -0.4 is 9.47 Å². The van der Waals surface area contributed by atoms with E-state index in [1.165, 1.54) is 12.1 Å². The van der Waals surface area contributed by atoms with Crippen LogP contribution in [-0.4, -0.2) is 31.1 Å². The Morgan fingerprint density at radius 3 is 2.32 bits per heavy atom. The summed E-state index contributed by atoms with van der Waals surface area (Å²) in [6.45, 7) is 0. The molecule has 0 fully saturated rings. The van der Waals surface area contributed by atoms with E-state index < -0.39 is 5.97 Å². The topological polar surface area (TPSA) is 86.0 Å². The number of benzene rings is 2. The Morgan fingerprint density at radius 2 is 1.71 bits per heavy atom. The van der Waals surface area contributed by atoms with Crippen LogP contribution in [0.25, 0.3) is 17.4 Å². The minimum absolute atomic E-state index is 0.133. The average molecular weight is 378 g/mol. The number of rotatable bonds is 7. The lowest BCUT2D eigenvalue weighted by Gasteiger charge is -2.07. The van der Waals surface area contributed by atoms with Crippen LogP contribution in [0.3, 0.4) is 0 Å². The van der Waals surface area contributed by atoms with E-state index in [9.17, 15) is 9.59 Å². The molecule has 0 aliphatic carbocycles. The van der Waals surface area contributed by atoms with E-state index in [0.29, 0.717) is 28.4 Å². The van der Waals surface area contributed by atoms with E-state index in [4.69, 9.17) is 19.0 Å². The number of carbonyl (C=O) groups is 2. The molecule has 0 aliphatic heterocycles. The first-order valence-electron chi connectivity index (χ1n) is 8.40. The molecule has 142 valence electrons. The first-order valence-corrected chi connectivity index (χ1v) is 8.40. The fourth-order valence-electron chi connectivity index (χ4n) is 2.62. The third kappa shape index (κ3) is 4.12. The van der Waals surface area contributed by atoms with Crippen molar-refractivity contribution in [2.45, 2.75) is 0 Å². The number of methoxy groups -OCH3 is 2. The maximum Gasteiger partial charge on any atom is 0.371 e. The van der Waals surface area contributed by atoms with Crippen molar-refractivity contribution in [2.24, 2.45) is 0 Å². The van der Waals surface area contributed by atoms with Gasteiger partial charge in [0.05, 0.1) is 14.2 Å². The maximum atomic E-state index is 12.4. The van der Waals surface area contributed by atoms with E-state index in [2.05, 4.69) is 0 Å². The molecule has 3 rings (SSSR count). The molecular formula is C22H18O6. The molecule has 3 aromatic rings. The highest BCUT2D eigenvalue weighted by Gasteiger charge is 2.11. The monoisotopic (exact) mass is 378 g/mol. The minimum Gasteiger partial charge on any atom is -0.497 e. The Bertz CT molecular complexity index is 1030. The fourth-order valence-corrected chi connectivity index (χ4v) is 2.62. The number of aromatic carboxylic acids is 1. The molecule has 0 amide bonds. The van der Waals surface area contributed by atoms with Gasteiger partial charge in [0.15, 0.2) is 5.78 Å². The summed E-state index contributed by atoms with van der Waals surface area (Å²) >= 11 is 0. The van der Waals surface area contributed by atoms with Crippen molar-refractivity contribution in [3.05, 3.63) is 77.6 Å². The van der Waals surface area contributed by atoms with E-state index in [0.717, 1.165) is 5.56 Å². The van der Waals surface area contributed by atoms with E-state index in [1.807, 2.05) is 6.07 Å². The number of allylic oxidation sites excluding steroid dienone is 1. The summed E-state index contributed by atoms with van der Waals surface area (Å²) in [6, 6.07) is 15.1. The number of carbonyl (C=O) groups excluding carboxylic acids is 1. The summed E-state index contributed by atoms with van der Waals surface area (Å²) in [7, 11) is 3.12. The van der Waals surface area contributed by atoms with E-state index in [1.54, 1.807) is 62.8 Å². The van der Waals surface area contributed by atoms with E-state index >= 15 is 0 Å². The van der Waals surface area contributed by atoms with Crippen LogP contribution >= 0.6 is 0 Å². The molecule has 6 nitrogen and oxygen atoms in total. The van der Waals surface area contributed by atoms with Crippen LogP contribution in [0.4, 0.5) is 0 Å². The summed E-state index contributed by atoms with van der Waals surface area (Å²) in [5, 5.41) is 8.92. The lowest BCUT2D eigenvalue weighted by Crippen LogP contribution is -1.94. The SMILES string of the molecule is COc1ccc(/C=C/C(=O)c2ccc(-c3ccc(C(=O)O)o3)cc2)c(OC)c1. The van der Waals surface area contributed by atoms with Gasteiger partial charge in [-0.3, -0.25) is 4.79 Å². The van der Waals surface area contributed by atoms with E-state index in [-0.39, 0.29) is 11.5 Å². The number of ketones is 1. The normalized spacial score (nSPS) is 10.8. The molecule has 0 saturated carbocycles. The number of hydrogen-bond acceptors (Lipinski definition) is 5. The van der Waals surface area contributed by atoms with Crippen LogP contribution in [-0.2, 0) is 0 Å². The first kappa shape index (κ1) is 19.0. The van der Waals surface area contributed by atoms with Crippen LogP contribution in [0.2, 0.25) is 0 Å². The van der Waals surface area contributed by atoms with Gasteiger partial charge in [-0.15, -0.1) is 0 Å². The molecule has 0 spiro atoms. The van der Waals surface area contributed by atoms with Gasteiger partial charge in [0, 0.05) is 22.8 Å². The molecule has 28 heavy (non-hydrogen) atoms. The second-order valence-electron chi connectivity index (χ2n) is 5.85. The van der Waals surface area contributed by atoms with Gasteiger partial charge in [0.25, 0.3) is 0 Å². The summed E-state index contributed by atoms with van der Waals surface area (Å²) in [4.78, 5) is 23.3. The molecule has 1 N–H and O–H groups in total. The number of furan rings is 1. The molecule has 0 aliphatic rings. The zero-order chi connectivity index (χ0) is 20.1. The van der Waals surface area contributed by atoms with Crippen molar-refractivity contribution in [2.75, 3.05) is 14.2 Å². The lowest BCUT2D eigenvalue weighted by molar-refractivity contribution is 0.0663. The Balaban J connectivity index is 1.76. The highest BCUT2D eigenvalue weighted by Crippen LogP contribution is 2.26. The molecule has 2 aromatic carbocycles. The molecule has 1 aromatic heterocycles. The van der Waals surface area contributed by atoms with Gasteiger partial charge >= 0.3 is 5.97 Å². The van der Waals surface area contributed by atoms with Crippen molar-refractivity contribution in [1.82, 2.24) is 0 Å². The predicted molar refractivity (Wildman–Crippen MR) is 104 cm³/mol. The fraction of sp³-hybridized carbons (Fsp3) is 0.0909. The van der Waals surface area contributed by atoms with Gasteiger partial charge in [-0.1, -0.05) is 24.3 Å². The Morgan fingerprint density at radius 1 is 0.964 bits per heavy atom. The molecule has 1 heterocycles. The Labute approximate surface area is 161 Å². The summed E-state index contributed by atoms with van der Waals surface area (Å²) in [5.74, 6) is 0.263. The van der Waals surface area contributed by atoms with Crippen LogP contribution in [0.1, 0.15) is 26.5 Å². The van der Waals surface area contributed by atoms with Crippen LogP contribution in [0.15, 0.2) is 65.1 Å². The Hall–Kier alpha value is -3.80. The molecule has 0 saturated heterocycles. The second kappa shape index (κ2) is 8.26. The van der Waals surface area contributed by atoms with Crippen molar-refractivity contribution in [1.29, 1.82) is 0 Å². The van der Waals surface area contributed by atoms with Crippen molar-refractivity contribution in [3.8, 4) is 22.8 Å². The molecule has 0 atom stereocenters. The van der Waals surface area contributed by atoms with Crippen molar-refractivity contribution in [3.63, 3.8) is 0 Å². The van der Waals surface area contributed by atoms with Gasteiger partial charge in [0.1, 0.15) is 17.3 Å². The number of carboxylic acid groups (broad SMARTS) is 1. The van der Waals surface area contributed by atoms with Gasteiger partial charge in [-0.05, 0) is 36.4 Å². The van der Waals surface area contributed by atoms with Gasteiger partial charge in [-0.2, -0.15) is 0 Å². The molecular weight excluding hydrogens is 360 g/mol. The maximum absolute atomic E-state index is 12.4. The standard InChI is InChI=1S/C22H18O6/c1-26-17-9-7-16(21(13-17)27-2)8-10-18(23)14-3-5-15(6-4-14)19-11-12-20(28-19)22(24)25/h3-13H,1-2H3,(H,24,25)/b10-8+. The molecule has 0 radical (unpaired) electrons. The smallest absolute Gasteiger partial charge is 0.371 e. The lowest BCUT2D eigenvalue weighted by atomic mass is 10.1. The minimum atomic E-state index is -1.13. The summed E-state index contributed by atoms with van der Waals surface area (Å²) in [6.07, 6.45) is 3.15. The highest BCUT2D eigenvalue weighted by molar-refractivity contribution is 6.07. The van der Waals surface area contributed by atoms with Crippen molar-refractivity contribution >= 4 is 17.8 Å².